The number of nitrogens with zero attached hydrogens (tertiary/aromatic N) is 3. The van der Waals surface area contributed by atoms with E-state index in [1.807, 2.05) is 28.8 Å². The molecule has 2 aromatic heterocycles. The average Bonchev–Trinajstić information content (AvgIpc) is 3.43. The van der Waals surface area contributed by atoms with Crippen LogP contribution in [0.5, 0.6) is 0 Å². The van der Waals surface area contributed by atoms with Crippen molar-refractivity contribution in [3.05, 3.63) is 81.9 Å². The molecule has 3 heterocycles. The lowest BCUT2D eigenvalue weighted by Crippen LogP contribution is -2.17. The van der Waals surface area contributed by atoms with Crippen LogP contribution in [0.2, 0.25) is 5.02 Å². The van der Waals surface area contributed by atoms with Crippen molar-refractivity contribution in [2.24, 2.45) is 0 Å². The second-order valence-corrected chi connectivity index (χ2v) is 8.86. The van der Waals surface area contributed by atoms with Crippen molar-refractivity contribution in [1.29, 1.82) is 0 Å². The Hall–Kier alpha value is -2.63. The Morgan fingerprint density at radius 3 is 2.45 bits per heavy atom. The predicted molar refractivity (Wildman–Crippen MR) is 121 cm³/mol. The first kappa shape index (κ1) is 18.4. The third kappa shape index (κ3) is 3.68. The molecular weight excluding hydrogens is 402 g/mol. The van der Waals surface area contributed by atoms with Crippen molar-refractivity contribution in [2.45, 2.75) is 19.4 Å². The van der Waals surface area contributed by atoms with E-state index >= 15 is 0 Å². The predicted octanol–water partition coefficient (Wildman–Crippen LogP) is 5.43. The van der Waals surface area contributed by atoms with Gasteiger partial charge in [-0.2, -0.15) is 4.98 Å². The number of hydrogen-bond donors (Lipinski definition) is 0. The number of anilines is 1. The summed E-state index contributed by atoms with van der Waals surface area (Å²) in [6.45, 7) is 2.92. The molecule has 0 unspecified atom stereocenters. The Bertz CT molecular complexity index is 1210. The van der Waals surface area contributed by atoms with Crippen LogP contribution in [0.3, 0.4) is 0 Å². The second kappa shape index (κ2) is 7.65. The molecule has 1 saturated heterocycles. The van der Waals surface area contributed by atoms with Gasteiger partial charge in [-0.05, 0) is 54.3 Å². The largest absolute Gasteiger partial charge is 0.372 e. The van der Waals surface area contributed by atoms with Gasteiger partial charge in [-0.3, -0.25) is 4.79 Å². The molecular formula is C23H20ClN3OS. The van der Waals surface area contributed by atoms with E-state index in [0.717, 1.165) is 34.6 Å². The SMILES string of the molecule is O=c1ncn(Cc2ccc(Cl)cc2)c2cc(-c3ccc(N4CCCC4)cc3)sc12. The first-order valence-electron chi connectivity index (χ1n) is 9.76. The highest BCUT2D eigenvalue weighted by atomic mass is 35.5. The fourth-order valence-corrected chi connectivity index (χ4v) is 5.05. The van der Waals surface area contributed by atoms with Gasteiger partial charge in [0.1, 0.15) is 4.70 Å². The van der Waals surface area contributed by atoms with Crippen molar-refractivity contribution < 1.29 is 0 Å². The zero-order valence-electron chi connectivity index (χ0n) is 15.8. The molecule has 4 nitrogen and oxygen atoms in total. The molecule has 1 aliphatic rings. The molecule has 0 atom stereocenters. The maximum Gasteiger partial charge on any atom is 0.290 e. The highest BCUT2D eigenvalue weighted by Gasteiger charge is 2.14. The number of halogens is 1. The van der Waals surface area contributed by atoms with Gasteiger partial charge in [-0.25, -0.2) is 0 Å². The first-order chi connectivity index (χ1) is 14.2. The van der Waals surface area contributed by atoms with Crippen LogP contribution >= 0.6 is 22.9 Å². The van der Waals surface area contributed by atoms with Crippen LogP contribution in [-0.2, 0) is 6.54 Å². The minimum Gasteiger partial charge on any atom is -0.372 e. The van der Waals surface area contributed by atoms with Crippen LogP contribution in [-0.4, -0.2) is 22.6 Å². The summed E-state index contributed by atoms with van der Waals surface area (Å²) in [5.74, 6) is 0. The topological polar surface area (TPSA) is 38.1 Å². The summed E-state index contributed by atoms with van der Waals surface area (Å²) in [6, 6.07) is 18.5. The van der Waals surface area contributed by atoms with Crippen molar-refractivity contribution in [3.63, 3.8) is 0 Å². The molecule has 0 N–H and O–H groups in total. The molecule has 0 aliphatic carbocycles. The van der Waals surface area contributed by atoms with Gasteiger partial charge in [0.2, 0.25) is 0 Å². The summed E-state index contributed by atoms with van der Waals surface area (Å²) >= 11 is 7.50. The van der Waals surface area contributed by atoms with E-state index in [2.05, 4.69) is 40.2 Å². The zero-order valence-corrected chi connectivity index (χ0v) is 17.4. The van der Waals surface area contributed by atoms with E-state index in [0.29, 0.717) is 16.3 Å². The Kier molecular flexibility index (Phi) is 4.86. The third-order valence-corrected chi connectivity index (χ3v) is 6.83. The van der Waals surface area contributed by atoms with E-state index in [1.54, 1.807) is 6.33 Å². The van der Waals surface area contributed by atoms with Crippen LogP contribution in [0.15, 0.2) is 65.7 Å². The molecule has 0 amide bonds. The molecule has 5 rings (SSSR count). The maximum atomic E-state index is 12.4. The second-order valence-electron chi connectivity index (χ2n) is 7.37. The highest BCUT2D eigenvalue weighted by Crippen LogP contribution is 2.33. The van der Waals surface area contributed by atoms with Crippen LogP contribution < -0.4 is 10.5 Å². The Morgan fingerprint density at radius 2 is 1.72 bits per heavy atom. The molecule has 2 aromatic carbocycles. The van der Waals surface area contributed by atoms with Crippen LogP contribution in [0.25, 0.3) is 20.7 Å². The average molecular weight is 422 g/mol. The van der Waals surface area contributed by atoms with E-state index in [1.165, 1.54) is 29.9 Å². The molecule has 146 valence electrons. The lowest BCUT2D eigenvalue weighted by molar-refractivity contribution is 0.800. The van der Waals surface area contributed by atoms with Crippen molar-refractivity contribution in [3.8, 4) is 10.4 Å². The molecule has 1 fully saturated rings. The van der Waals surface area contributed by atoms with Gasteiger partial charge in [-0.15, -0.1) is 11.3 Å². The summed E-state index contributed by atoms with van der Waals surface area (Å²) in [7, 11) is 0. The van der Waals surface area contributed by atoms with E-state index < -0.39 is 0 Å². The fourth-order valence-electron chi connectivity index (χ4n) is 3.86. The van der Waals surface area contributed by atoms with E-state index in [9.17, 15) is 4.79 Å². The number of benzene rings is 2. The van der Waals surface area contributed by atoms with Crippen LogP contribution in [0.1, 0.15) is 18.4 Å². The Balaban J connectivity index is 1.50. The standard InChI is InChI=1S/C23H20ClN3OS/c24-18-7-3-16(4-8-18)14-27-15-25-23(28)22-20(27)13-21(29-22)17-5-9-19(10-6-17)26-11-1-2-12-26/h3-10,13,15H,1-2,11-12,14H2. The van der Waals surface area contributed by atoms with Gasteiger partial charge >= 0.3 is 0 Å². The lowest BCUT2D eigenvalue weighted by Gasteiger charge is -2.17. The molecule has 29 heavy (non-hydrogen) atoms. The van der Waals surface area contributed by atoms with Gasteiger partial charge in [0.05, 0.1) is 11.8 Å². The van der Waals surface area contributed by atoms with Crippen molar-refractivity contribution in [2.75, 3.05) is 18.0 Å². The third-order valence-electron chi connectivity index (χ3n) is 5.42. The maximum absolute atomic E-state index is 12.4. The van der Waals surface area contributed by atoms with Gasteiger partial charge < -0.3 is 9.47 Å². The minimum absolute atomic E-state index is 0.169. The zero-order chi connectivity index (χ0) is 19.8. The number of hydrogen-bond acceptors (Lipinski definition) is 4. The van der Waals surface area contributed by atoms with Crippen LogP contribution in [0, 0.1) is 0 Å². The summed E-state index contributed by atoms with van der Waals surface area (Å²) in [4.78, 5) is 20.0. The molecule has 1 aliphatic heterocycles. The van der Waals surface area contributed by atoms with Gasteiger partial charge in [0.25, 0.3) is 5.56 Å². The van der Waals surface area contributed by atoms with E-state index in [4.69, 9.17) is 11.6 Å². The monoisotopic (exact) mass is 421 g/mol. The Labute approximate surface area is 178 Å². The minimum atomic E-state index is -0.169. The number of aromatic nitrogens is 2. The first-order valence-corrected chi connectivity index (χ1v) is 11.0. The smallest absolute Gasteiger partial charge is 0.290 e. The summed E-state index contributed by atoms with van der Waals surface area (Å²) in [6.07, 6.45) is 4.17. The quantitative estimate of drug-likeness (QED) is 0.441. The molecule has 0 bridgehead atoms. The van der Waals surface area contributed by atoms with Gasteiger partial charge in [-0.1, -0.05) is 35.9 Å². The molecule has 0 radical (unpaired) electrons. The molecule has 0 spiro atoms. The number of thiophene rings is 1. The molecule has 0 saturated carbocycles. The number of fused-ring (bicyclic) bond motifs is 1. The lowest BCUT2D eigenvalue weighted by atomic mass is 10.1. The summed E-state index contributed by atoms with van der Waals surface area (Å²) in [5, 5.41) is 0.715. The van der Waals surface area contributed by atoms with Crippen LogP contribution in [0.4, 0.5) is 5.69 Å². The van der Waals surface area contributed by atoms with E-state index in [-0.39, 0.29) is 5.56 Å². The van der Waals surface area contributed by atoms with Crippen molar-refractivity contribution in [1.82, 2.24) is 9.55 Å². The Morgan fingerprint density at radius 1 is 1.00 bits per heavy atom. The fraction of sp³-hybridized carbons (Fsp3) is 0.217. The number of rotatable bonds is 4. The van der Waals surface area contributed by atoms with Crippen molar-refractivity contribution >= 4 is 38.8 Å². The summed E-state index contributed by atoms with van der Waals surface area (Å²) in [5.41, 5.74) is 4.27. The summed E-state index contributed by atoms with van der Waals surface area (Å²) < 4.78 is 2.72. The van der Waals surface area contributed by atoms with Gasteiger partial charge in [0, 0.05) is 35.2 Å². The van der Waals surface area contributed by atoms with Gasteiger partial charge in [0.15, 0.2) is 0 Å². The highest BCUT2D eigenvalue weighted by molar-refractivity contribution is 7.22. The normalized spacial score (nSPS) is 14.0. The molecule has 6 heteroatoms. The molecule has 4 aromatic rings.